The van der Waals surface area contributed by atoms with Gasteiger partial charge >= 0.3 is 0 Å². The van der Waals surface area contributed by atoms with Crippen molar-refractivity contribution in [1.82, 2.24) is 4.98 Å². The third-order valence-corrected chi connectivity index (χ3v) is 1.91. The molecule has 0 aliphatic carbocycles. The van der Waals surface area contributed by atoms with Crippen LogP contribution in [0.15, 0.2) is 24.5 Å². The van der Waals surface area contributed by atoms with Crippen LogP contribution in [-0.2, 0) is 0 Å². The van der Waals surface area contributed by atoms with Crippen LogP contribution in [0, 0.1) is 0 Å². The van der Waals surface area contributed by atoms with Gasteiger partial charge in [-0.15, -0.1) is 0 Å². The lowest BCUT2D eigenvalue weighted by Crippen LogP contribution is -2.13. The Morgan fingerprint density at radius 3 is 3.36 bits per heavy atom. The fourth-order valence-corrected chi connectivity index (χ4v) is 1.30. The first-order chi connectivity index (χ1) is 5.36. The van der Waals surface area contributed by atoms with Crippen LogP contribution in [0.4, 0.5) is 5.69 Å². The van der Waals surface area contributed by atoms with Gasteiger partial charge in [-0.3, -0.25) is 4.98 Å². The Balaban J connectivity index is 2.46. The summed E-state index contributed by atoms with van der Waals surface area (Å²) in [6.45, 7) is 0. The predicted molar refractivity (Wildman–Crippen MR) is 49.7 cm³/mol. The summed E-state index contributed by atoms with van der Waals surface area (Å²) >= 11 is 4.27. The van der Waals surface area contributed by atoms with Crippen LogP contribution in [0.3, 0.4) is 0 Å². The maximum atomic E-state index is 4.27. The number of nitrogens with zero attached hydrogens (tertiary/aromatic N) is 1. The second kappa shape index (κ2) is 2.58. The lowest BCUT2D eigenvalue weighted by Gasteiger charge is -2.16. The normalized spacial score (nSPS) is 20.6. The van der Waals surface area contributed by atoms with Gasteiger partial charge in [-0.25, -0.2) is 0 Å². The van der Waals surface area contributed by atoms with Crippen molar-refractivity contribution in [3.8, 4) is 0 Å². The molecule has 0 saturated carbocycles. The van der Waals surface area contributed by atoms with Gasteiger partial charge in [0.25, 0.3) is 0 Å². The van der Waals surface area contributed by atoms with Crippen molar-refractivity contribution < 1.29 is 0 Å². The van der Waals surface area contributed by atoms with Crippen LogP contribution in [0.25, 0.3) is 6.08 Å². The molecular formula is C8H8N2S. The van der Waals surface area contributed by atoms with Gasteiger partial charge in [0.1, 0.15) is 0 Å². The third kappa shape index (κ3) is 1.24. The van der Waals surface area contributed by atoms with Crippen LogP contribution in [0.1, 0.15) is 5.56 Å². The van der Waals surface area contributed by atoms with Crippen molar-refractivity contribution in [3.63, 3.8) is 0 Å². The minimum atomic E-state index is 0.130. The predicted octanol–water partition coefficient (Wildman–Crippen LogP) is 1.78. The van der Waals surface area contributed by atoms with E-state index in [1.54, 1.807) is 6.20 Å². The lowest BCUT2D eigenvalue weighted by atomic mass is 10.2. The molecule has 1 aromatic heterocycles. The Labute approximate surface area is 70.8 Å². The number of rotatable bonds is 0. The van der Waals surface area contributed by atoms with Gasteiger partial charge < -0.3 is 5.32 Å². The summed E-state index contributed by atoms with van der Waals surface area (Å²) < 4.78 is 0. The number of fused-ring (bicyclic) bond motifs is 1. The van der Waals surface area contributed by atoms with Crippen molar-refractivity contribution in [2.24, 2.45) is 0 Å². The Morgan fingerprint density at radius 2 is 2.45 bits per heavy atom. The van der Waals surface area contributed by atoms with Crippen LogP contribution in [0.5, 0.6) is 0 Å². The molecule has 0 radical (unpaired) electrons. The molecule has 1 aliphatic rings. The van der Waals surface area contributed by atoms with Crippen LogP contribution >= 0.6 is 12.6 Å². The maximum Gasteiger partial charge on any atom is 0.0883 e. The second-order valence-corrected chi connectivity index (χ2v) is 2.97. The van der Waals surface area contributed by atoms with Crippen LogP contribution in [0.2, 0.25) is 0 Å². The zero-order chi connectivity index (χ0) is 7.68. The third-order valence-electron chi connectivity index (χ3n) is 1.61. The van der Waals surface area contributed by atoms with Crippen molar-refractivity contribution in [1.29, 1.82) is 0 Å². The molecule has 0 bridgehead atoms. The summed E-state index contributed by atoms with van der Waals surface area (Å²) in [4.78, 5) is 4.01. The largest absolute Gasteiger partial charge is 0.370 e. The van der Waals surface area contributed by atoms with E-state index < -0.39 is 0 Å². The molecule has 0 fully saturated rings. The van der Waals surface area contributed by atoms with E-state index in [9.17, 15) is 0 Å². The highest BCUT2D eigenvalue weighted by Crippen LogP contribution is 2.22. The van der Waals surface area contributed by atoms with E-state index in [0.717, 1.165) is 11.3 Å². The zero-order valence-corrected chi connectivity index (χ0v) is 6.75. The Morgan fingerprint density at radius 1 is 1.55 bits per heavy atom. The summed E-state index contributed by atoms with van der Waals surface area (Å²) in [5, 5.41) is 3.33. The van der Waals surface area contributed by atoms with Gasteiger partial charge in [0.15, 0.2) is 0 Å². The minimum Gasteiger partial charge on any atom is -0.370 e. The van der Waals surface area contributed by atoms with Crippen molar-refractivity contribution in [2.45, 2.75) is 5.37 Å². The number of thiol groups is 1. The number of anilines is 1. The maximum absolute atomic E-state index is 4.27. The van der Waals surface area contributed by atoms with Gasteiger partial charge in [0, 0.05) is 23.6 Å². The molecule has 2 nitrogen and oxygen atoms in total. The van der Waals surface area contributed by atoms with Gasteiger partial charge in [-0.2, -0.15) is 12.6 Å². The number of nitrogens with one attached hydrogen (secondary N) is 1. The Bertz CT molecular complexity index is 296. The van der Waals surface area contributed by atoms with Crippen molar-refractivity contribution in [3.05, 3.63) is 30.1 Å². The van der Waals surface area contributed by atoms with Crippen LogP contribution in [-0.4, -0.2) is 10.4 Å². The summed E-state index contributed by atoms with van der Waals surface area (Å²) in [6, 6.07) is 1.95. The van der Waals surface area contributed by atoms with E-state index in [4.69, 9.17) is 0 Å². The molecule has 2 rings (SSSR count). The van der Waals surface area contributed by atoms with E-state index >= 15 is 0 Å². The van der Waals surface area contributed by atoms with Gasteiger partial charge in [-0.05, 0) is 6.07 Å². The molecule has 2 heterocycles. The molecule has 1 atom stereocenters. The fourth-order valence-electron chi connectivity index (χ4n) is 1.07. The first-order valence-electron chi connectivity index (χ1n) is 3.43. The zero-order valence-electron chi connectivity index (χ0n) is 5.86. The molecule has 1 unspecified atom stereocenters. The molecule has 11 heavy (non-hydrogen) atoms. The average Bonchev–Trinajstić information content (AvgIpc) is 2.04. The van der Waals surface area contributed by atoms with Gasteiger partial charge in [0.2, 0.25) is 0 Å². The summed E-state index contributed by atoms with van der Waals surface area (Å²) in [7, 11) is 0. The highest BCUT2D eigenvalue weighted by Gasteiger charge is 2.06. The molecule has 1 aromatic rings. The quantitative estimate of drug-likeness (QED) is 0.571. The highest BCUT2D eigenvalue weighted by atomic mass is 32.1. The molecule has 0 amide bonds. The monoisotopic (exact) mass is 164 g/mol. The molecule has 3 heteroatoms. The van der Waals surface area contributed by atoms with E-state index in [1.807, 2.05) is 24.4 Å². The molecule has 0 aromatic carbocycles. The standard InChI is InChI=1S/C8H8N2S/c11-8-2-1-6-5-9-4-3-7(6)10-8/h1-5,8,10-11H. The summed E-state index contributed by atoms with van der Waals surface area (Å²) in [6.07, 6.45) is 7.62. The van der Waals surface area contributed by atoms with Crippen LogP contribution < -0.4 is 5.32 Å². The molecule has 1 N–H and O–H groups in total. The molecule has 56 valence electrons. The lowest BCUT2D eigenvalue weighted by molar-refractivity contribution is 1.21. The number of hydrogen-bond acceptors (Lipinski definition) is 3. The van der Waals surface area contributed by atoms with E-state index in [1.165, 1.54) is 0 Å². The van der Waals surface area contributed by atoms with E-state index in [2.05, 4.69) is 22.9 Å². The smallest absolute Gasteiger partial charge is 0.0883 e. The first kappa shape index (κ1) is 6.73. The minimum absolute atomic E-state index is 0.130. The Kier molecular flexibility index (Phi) is 1.58. The fraction of sp³-hybridized carbons (Fsp3) is 0.125. The van der Waals surface area contributed by atoms with E-state index in [0.29, 0.717) is 0 Å². The van der Waals surface area contributed by atoms with Crippen molar-refractivity contribution in [2.75, 3.05) is 5.32 Å². The topological polar surface area (TPSA) is 24.9 Å². The van der Waals surface area contributed by atoms with Gasteiger partial charge in [0.05, 0.1) is 5.37 Å². The Hall–Kier alpha value is -0.960. The summed E-state index contributed by atoms with van der Waals surface area (Å²) in [5.41, 5.74) is 2.22. The molecule has 0 saturated heterocycles. The SMILES string of the molecule is SC1C=Cc2cnccc2N1. The number of hydrogen-bond donors (Lipinski definition) is 2. The molecule has 0 spiro atoms. The number of aromatic nitrogens is 1. The second-order valence-electron chi connectivity index (χ2n) is 2.41. The number of pyridine rings is 1. The first-order valence-corrected chi connectivity index (χ1v) is 3.95. The summed E-state index contributed by atoms with van der Waals surface area (Å²) in [5.74, 6) is 0. The van der Waals surface area contributed by atoms with Gasteiger partial charge in [-0.1, -0.05) is 12.2 Å². The molecular weight excluding hydrogens is 156 g/mol. The van der Waals surface area contributed by atoms with E-state index in [-0.39, 0.29) is 5.37 Å². The average molecular weight is 164 g/mol. The highest BCUT2D eigenvalue weighted by molar-refractivity contribution is 7.81. The van der Waals surface area contributed by atoms with Crippen molar-refractivity contribution >= 4 is 24.4 Å². The molecule has 1 aliphatic heterocycles.